The third-order valence-corrected chi connectivity index (χ3v) is 2.45. The fourth-order valence-electron chi connectivity index (χ4n) is 1.46. The fourth-order valence-corrected chi connectivity index (χ4v) is 1.46. The lowest BCUT2D eigenvalue weighted by Crippen LogP contribution is -2.33. The van der Waals surface area contributed by atoms with E-state index in [4.69, 9.17) is 14.7 Å². The van der Waals surface area contributed by atoms with Crippen molar-refractivity contribution in [2.45, 2.75) is 6.92 Å². The first-order valence-electron chi connectivity index (χ1n) is 6.04. The van der Waals surface area contributed by atoms with Gasteiger partial charge in [-0.2, -0.15) is 5.26 Å². The summed E-state index contributed by atoms with van der Waals surface area (Å²) in [5.74, 6) is 0.662. The van der Waals surface area contributed by atoms with Crippen LogP contribution in [-0.4, -0.2) is 32.8 Å². The van der Waals surface area contributed by atoms with E-state index in [0.29, 0.717) is 24.5 Å². The molecule has 19 heavy (non-hydrogen) atoms. The Balaban J connectivity index is 2.28. The van der Waals surface area contributed by atoms with E-state index in [0.717, 1.165) is 0 Å². The van der Waals surface area contributed by atoms with Gasteiger partial charge in [-0.15, -0.1) is 0 Å². The number of nitrogens with zero attached hydrogens (tertiary/aromatic N) is 1. The third kappa shape index (κ3) is 5.89. The van der Waals surface area contributed by atoms with E-state index in [-0.39, 0.29) is 18.4 Å². The summed E-state index contributed by atoms with van der Waals surface area (Å²) in [6, 6.07) is 8.64. The molecule has 102 valence electrons. The molecule has 0 heterocycles. The number of nitrogens with one attached hydrogen (secondary N) is 1. The van der Waals surface area contributed by atoms with E-state index in [1.54, 1.807) is 31.4 Å². The van der Waals surface area contributed by atoms with Crippen LogP contribution in [0.1, 0.15) is 12.5 Å². The van der Waals surface area contributed by atoms with Crippen molar-refractivity contribution >= 4 is 5.91 Å². The summed E-state index contributed by atoms with van der Waals surface area (Å²) in [6.07, 6.45) is 0. The minimum atomic E-state index is -0.174. The second-order valence-electron chi connectivity index (χ2n) is 4.29. The van der Waals surface area contributed by atoms with Gasteiger partial charge in [-0.05, 0) is 30.2 Å². The lowest BCUT2D eigenvalue weighted by atomic mass is 10.2. The van der Waals surface area contributed by atoms with Gasteiger partial charge in [-0.1, -0.05) is 6.92 Å². The number of rotatable bonds is 7. The first-order valence-corrected chi connectivity index (χ1v) is 6.04. The number of hydrogen-bond acceptors (Lipinski definition) is 4. The van der Waals surface area contributed by atoms with Gasteiger partial charge in [-0.25, -0.2) is 0 Å². The molecule has 1 aromatic carbocycles. The molecule has 0 aliphatic carbocycles. The summed E-state index contributed by atoms with van der Waals surface area (Å²) < 4.78 is 10.3. The molecular formula is C14H18N2O3. The standard InChI is InChI=1S/C14H18N2O3/c1-11(9-18-2)8-16-14(17)10-19-13-5-3-12(7-15)4-6-13/h3-6,11H,8-10H2,1-2H3,(H,16,17). The Labute approximate surface area is 113 Å². The molecule has 1 aromatic rings. The molecule has 0 bridgehead atoms. The maximum absolute atomic E-state index is 11.5. The molecule has 0 aliphatic heterocycles. The van der Waals surface area contributed by atoms with Crippen molar-refractivity contribution in [3.8, 4) is 11.8 Å². The van der Waals surface area contributed by atoms with Crippen molar-refractivity contribution in [2.75, 3.05) is 26.9 Å². The van der Waals surface area contributed by atoms with Gasteiger partial charge in [0, 0.05) is 13.7 Å². The van der Waals surface area contributed by atoms with Gasteiger partial charge in [-0.3, -0.25) is 4.79 Å². The van der Waals surface area contributed by atoms with E-state index in [1.165, 1.54) is 0 Å². The number of carbonyl (C=O) groups excluding carboxylic acids is 1. The van der Waals surface area contributed by atoms with Crippen molar-refractivity contribution < 1.29 is 14.3 Å². The predicted octanol–water partition coefficient (Wildman–Crippen LogP) is 1.34. The van der Waals surface area contributed by atoms with Gasteiger partial charge in [0.1, 0.15) is 5.75 Å². The minimum absolute atomic E-state index is 0.0361. The Kier molecular flexibility index (Phi) is 6.41. The molecular weight excluding hydrogens is 244 g/mol. The van der Waals surface area contributed by atoms with Crippen LogP contribution < -0.4 is 10.1 Å². The predicted molar refractivity (Wildman–Crippen MR) is 70.7 cm³/mol. The summed E-state index contributed by atoms with van der Waals surface area (Å²) in [6.45, 7) is 3.12. The summed E-state index contributed by atoms with van der Waals surface area (Å²) in [5, 5.41) is 11.4. The van der Waals surface area contributed by atoms with Crippen molar-refractivity contribution in [3.05, 3.63) is 29.8 Å². The maximum atomic E-state index is 11.5. The smallest absolute Gasteiger partial charge is 0.257 e. The normalized spacial score (nSPS) is 11.4. The molecule has 1 unspecified atom stereocenters. The summed E-state index contributed by atoms with van der Waals surface area (Å²) in [7, 11) is 1.63. The van der Waals surface area contributed by atoms with Crippen molar-refractivity contribution in [3.63, 3.8) is 0 Å². The summed E-state index contributed by atoms with van der Waals surface area (Å²) in [5.41, 5.74) is 0.560. The van der Waals surface area contributed by atoms with Gasteiger partial charge >= 0.3 is 0 Å². The molecule has 0 fully saturated rings. The van der Waals surface area contributed by atoms with Crippen LogP contribution >= 0.6 is 0 Å². The zero-order chi connectivity index (χ0) is 14.1. The van der Waals surface area contributed by atoms with Gasteiger partial charge in [0.25, 0.3) is 5.91 Å². The van der Waals surface area contributed by atoms with Crippen LogP contribution in [0, 0.1) is 17.2 Å². The van der Waals surface area contributed by atoms with E-state index >= 15 is 0 Å². The highest BCUT2D eigenvalue weighted by atomic mass is 16.5. The van der Waals surface area contributed by atoms with Crippen LogP contribution in [0.3, 0.4) is 0 Å². The second-order valence-corrected chi connectivity index (χ2v) is 4.29. The first kappa shape index (κ1) is 15.0. The van der Waals surface area contributed by atoms with E-state index in [9.17, 15) is 4.79 Å². The number of amides is 1. The number of ether oxygens (including phenoxy) is 2. The highest BCUT2D eigenvalue weighted by Gasteiger charge is 2.06. The van der Waals surface area contributed by atoms with E-state index in [2.05, 4.69) is 5.32 Å². The van der Waals surface area contributed by atoms with Crippen molar-refractivity contribution in [1.82, 2.24) is 5.32 Å². The zero-order valence-corrected chi connectivity index (χ0v) is 11.2. The topological polar surface area (TPSA) is 71.3 Å². The third-order valence-electron chi connectivity index (χ3n) is 2.45. The number of hydrogen-bond donors (Lipinski definition) is 1. The fraction of sp³-hybridized carbons (Fsp3) is 0.429. The summed E-state index contributed by atoms with van der Waals surface area (Å²) in [4.78, 5) is 11.5. The van der Waals surface area contributed by atoms with Gasteiger partial charge in [0.15, 0.2) is 6.61 Å². The Morgan fingerprint density at radius 3 is 2.68 bits per heavy atom. The number of carbonyl (C=O) groups is 1. The molecule has 5 nitrogen and oxygen atoms in total. The van der Waals surface area contributed by atoms with Gasteiger partial charge in [0.05, 0.1) is 18.2 Å². The van der Waals surface area contributed by atoms with Crippen LogP contribution in [0.5, 0.6) is 5.75 Å². The largest absolute Gasteiger partial charge is 0.484 e. The van der Waals surface area contributed by atoms with Crippen LogP contribution in [-0.2, 0) is 9.53 Å². The molecule has 1 amide bonds. The molecule has 1 atom stereocenters. The van der Waals surface area contributed by atoms with E-state index < -0.39 is 0 Å². The molecule has 0 saturated heterocycles. The van der Waals surface area contributed by atoms with Crippen molar-refractivity contribution in [1.29, 1.82) is 5.26 Å². The quantitative estimate of drug-likeness (QED) is 0.804. The van der Waals surface area contributed by atoms with Crippen LogP contribution in [0.25, 0.3) is 0 Å². The Bertz CT molecular complexity index is 437. The summed E-state index contributed by atoms with van der Waals surface area (Å²) >= 11 is 0. The van der Waals surface area contributed by atoms with E-state index in [1.807, 2.05) is 13.0 Å². The second kappa shape index (κ2) is 8.11. The SMILES string of the molecule is COCC(C)CNC(=O)COc1ccc(C#N)cc1. The molecule has 0 saturated carbocycles. The molecule has 1 rings (SSSR count). The Morgan fingerprint density at radius 1 is 1.42 bits per heavy atom. The lowest BCUT2D eigenvalue weighted by Gasteiger charge is -2.12. The number of benzene rings is 1. The van der Waals surface area contributed by atoms with Crippen LogP contribution in [0.4, 0.5) is 0 Å². The lowest BCUT2D eigenvalue weighted by molar-refractivity contribution is -0.123. The number of methoxy groups -OCH3 is 1. The Hall–Kier alpha value is -2.06. The molecule has 0 radical (unpaired) electrons. The average Bonchev–Trinajstić information content (AvgIpc) is 2.44. The molecule has 0 spiro atoms. The van der Waals surface area contributed by atoms with Gasteiger partial charge < -0.3 is 14.8 Å². The first-order chi connectivity index (χ1) is 9.15. The Morgan fingerprint density at radius 2 is 2.11 bits per heavy atom. The molecule has 5 heteroatoms. The minimum Gasteiger partial charge on any atom is -0.484 e. The molecule has 1 N–H and O–H groups in total. The van der Waals surface area contributed by atoms with Gasteiger partial charge in [0.2, 0.25) is 0 Å². The highest BCUT2D eigenvalue weighted by molar-refractivity contribution is 5.77. The van der Waals surface area contributed by atoms with Crippen LogP contribution in [0.2, 0.25) is 0 Å². The van der Waals surface area contributed by atoms with Crippen LogP contribution in [0.15, 0.2) is 24.3 Å². The highest BCUT2D eigenvalue weighted by Crippen LogP contribution is 2.11. The molecule has 0 aliphatic rings. The molecule has 0 aromatic heterocycles. The maximum Gasteiger partial charge on any atom is 0.257 e. The number of nitriles is 1. The monoisotopic (exact) mass is 262 g/mol. The zero-order valence-electron chi connectivity index (χ0n) is 11.2. The van der Waals surface area contributed by atoms with Crippen molar-refractivity contribution in [2.24, 2.45) is 5.92 Å². The average molecular weight is 262 g/mol.